The van der Waals surface area contributed by atoms with E-state index in [2.05, 4.69) is 0 Å². The van der Waals surface area contributed by atoms with E-state index in [1.54, 1.807) is 11.8 Å². The maximum atomic E-state index is 10.6. The van der Waals surface area contributed by atoms with E-state index in [-0.39, 0.29) is 6.42 Å². The number of carboxylic acids is 1. The highest BCUT2D eigenvalue weighted by Gasteiger charge is 2.23. The van der Waals surface area contributed by atoms with Gasteiger partial charge in [-0.2, -0.15) is 0 Å². The molecule has 0 spiro atoms. The number of thiocarbonyl (C=S) groups is 1. The largest absolute Gasteiger partial charge is 0.481 e. The summed E-state index contributed by atoms with van der Waals surface area (Å²) in [5.41, 5.74) is 1.04. The highest BCUT2D eigenvalue weighted by molar-refractivity contribution is 8.06. The summed E-state index contributed by atoms with van der Waals surface area (Å²) in [4.78, 5) is 14.2. The molecular formula is C13H12ClNO2S2. The molecular weight excluding hydrogens is 302 g/mol. The van der Waals surface area contributed by atoms with Gasteiger partial charge in [0.15, 0.2) is 0 Å². The Bertz CT molecular complexity index is 528. The summed E-state index contributed by atoms with van der Waals surface area (Å²) in [6.07, 6.45) is 2.11. The van der Waals surface area contributed by atoms with Crippen molar-refractivity contribution >= 4 is 52.6 Å². The van der Waals surface area contributed by atoms with Crippen molar-refractivity contribution in [2.45, 2.75) is 6.42 Å². The zero-order valence-corrected chi connectivity index (χ0v) is 12.4. The monoisotopic (exact) mass is 313 g/mol. The summed E-state index contributed by atoms with van der Waals surface area (Å²) in [7, 11) is 0. The van der Waals surface area contributed by atoms with Gasteiger partial charge in [0.1, 0.15) is 4.99 Å². The number of carbonyl (C=O) groups is 1. The van der Waals surface area contributed by atoms with Crippen LogP contribution in [-0.2, 0) is 4.79 Å². The van der Waals surface area contributed by atoms with Gasteiger partial charge < -0.3 is 10.0 Å². The highest BCUT2D eigenvalue weighted by Crippen LogP contribution is 2.31. The molecule has 1 saturated heterocycles. The van der Waals surface area contributed by atoms with Crippen LogP contribution in [0.3, 0.4) is 0 Å². The summed E-state index contributed by atoms with van der Waals surface area (Å²) in [5, 5.41) is 9.38. The number of aliphatic carboxylic acids is 1. The fraction of sp³-hybridized carbons (Fsp3) is 0.231. The van der Waals surface area contributed by atoms with E-state index in [4.69, 9.17) is 28.9 Å². The third kappa shape index (κ3) is 3.96. The van der Waals surface area contributed by atoms with Crippen LogP contribution in [0.1, 0.15) is 12.0 Å². The number of nitrogens with zero attached hydrogens (tertiary/aromatic N) is 1. The fourth-order valence-corrected chi connectivity index (χ4v) is 3.26. The molecule has 0 atom stereocenters. The van der Waals surface area contributed by atoms with E-state index in [9.17, 15) is 4.79 Å². The van der Waals surface area contributed by atoms with Gasteiger partial charge in [0.05, 0.1) is 12.3 Å². The molecule has 0 amide bonds. The smallest absolute Gasteiger partial charge is 0.305 e. The van der Waals surface area contributed by atoms with Crippen molar-refractivity contribution in [1.82, 2.24) is 4.90 Å². The van der Waals surface area contributed by atoms with Crippen molar-refractivity contribution < 1.29 is 9.90 Å². The zero-order valence-electron chi connectivity index (χ0n) is 10.0. The molecule has 6 heteroatoms. The number of hydrogen-bond donors (Lipinski definition) is 1. The Morgan fingerprint density at radius 2 is 2.16 bits per heavy atom. The number of benzene rings is 1. The minimum absolute atomic E-state index is 0.106. The van der Waals surface area contributed by atoms with Crippen LogP contribution in [0.5, 0.6) is 0 Å². The molecule has 0 radical (unpaired) electrons. The van der Waals surface area contributed by atoms with Gasteiger partial charge >= 0.3 is 5.97 Å². The fourth-order valence-electron chi connectivity index (χ4n) is 1.63. The van der Waals surface area contributed by atoms with Gasteiger partial charge in [-0.15, -0.1) is 11.8 Å². The Balaban J connectivity index is 2.04. The van der Waals surface area contributed by atoms with Gasteiger partial charge in [-0.3, -0.25) is 4.79 Å². The lowest BCUT2D eigenvalue weighted by Gasteiger charge is -2.14. The molecule has 0 saturated carbocycles. The second-order valence-corrected chi connectivity index (χ2v) is 5.86. The van der Waals surface area contributed by atoms with Gasteiger partial charge in [-0.05, 0) is 23.8 Å². The molecule has 1 heterocycles. The van der Waals surface area contributed by atoms with Crippen molar-refractivity contribution in [3.8, 4) is 0 Å². The van der Waals surface area contributed by atoms with Crippen LogP contribution < -0.4 is 0 Å². The number of hydrogen-bond acceptors (Lipinski definition) is 3. The number of thioether (sulfide) groups is 1. The van der Waals surface area contributed by atoms with Gasteiger partial charge in [0.25, 0.3) is 0 Å². The topological polar surface area (TPSA) is 40.5 Å². The van der Waals surface area contributed by atoms with Gasteiger partial charge in [-0.1, -0.05) is 36.0 Å². The average molecular weight is 314 g/mol. The molecule has 1 aromatic carbocycles. The van der Waals surface area contributed by atoms with Crippen LogP contribution in [-0.4, -0.2) is 33.4 Å². The predicted octanol–water partition coefficient (Wildman–Crippen LogP) is 3.49. The summed E-state index contributed by atoms with van der Waals surface area (Å²) >= 11 is 12.8. The molecule has 100 valence electrons. The minimum Gasteiger partial charge on any atom is -0.481 e. The van der Waals surface area contributed by atoms with E-state index in [0.717, 1.165) is 15.5 Å². The lowest BCUT2D eigenvalue weighted by molar-refractivity contribution is -0.137. The summed E-state index contributed by atoms with van der Waals surface area (Å²) in [6.45, 7) is 0.457. The van der Waals surface area contributed by atoms with Crippen molar-refractivity contribution in [3.63, 3.8) is 0 Å². The standard InChI is InChI=1S/C13H12ClNO2S2/c14-10-3-1-9(2-4-10)7-11-13(18)15(8-19-11)6-5-12(16)17/h1-4,7H,5-6,8H2,(H,16,17). The third-order valence-electron chi connectivity index (χ3n) is 2.64. The Labute approximate surface area is 126 Å². The average Bonchev–Trinajstić information content (AvgIpc) is 2.71. The summed E-state index contributed by atoms with van der Waals surface area (Å²) < 4.78 is 0. The highest BCUT2D eigenvalue weighted by atomic mass is 35.5. The van der Waals surface area contributed by atoms with Crippen LogP contribution in [0.25, 0.3) is 6.08 Å². The maximum absolute atomic E-state index is 10.6. The molecule has 0 bridgehead atoms. The van der Waals surface area contributed by atoms with Crippen molar-refractivity contribution in [2.24, 2.45) is 0 Å². The van der Waals surface area contributed by atoms with E-state index < -0.39 is 5.97 Å². The first-order valence-corrected chi connectivity index (χ1v) is 7.44. The summed E-state index contributed by atoms with van der Waals surface area (Å²) in [6, 6.07) is 7.52. The molecule has 0 unspecified atom stereocenters. The molecule has 0 aromatic heterocycles. The molecule has 19 heavy (non-hydrogen) atoms. The summed E-state index contributed by atoms with van der Waals surface area (Å²) in [5.74, 6) is -0.0890. The molecule has 3 nitrogen and oxygen atoms in total. The lowest BCUT2D eigenvalue weighted by Crippen LogP contribution is -2.26. The first-order valence-electron chi connectivity index (χ1n) is 5.67. The Morgan fingerprint density at radius 3 is 2.79 bits per heavy atom. The number of halogens is 1. The van der Waals surface area contributed by atoms with E-state index in [1.807, 2.05) is 35.2 Å². The SMILES string of the molecule is O=C(O)CCN1CSC(=Cc2ccc(Cl)cc2)C1=S. The second-order valence-electron chi connectivity index (χ2n) is 4.05. The molecule has 0 aliphatic carbocycles. The normalized spacial score (nSPS) is 17.2. The number of rotatable bonds is 4. The van der Waals surface area contributed by atoms with E-state index in [0.29, 0.717) is 17.4 Å². The van der Waals surface area contributed by atoms with Crippen LogP contribution in [0.2, 0.25) is 5.02 Å². The molecule has 2 rings (SSSR count). The van der Waals surface area contributed by atoms with Gasteiger partial charge in [0.2, 0.25) is 0 Å². The first kappa shape index (κ1) is 14.4. The zero-order chi connectivity index (χ0) is 13.8. The van der Waals surface area contributed by atoms with E-state index in [1.165, 1.54) is 0 Å². The van der Waals surface area contributed by atoms with Gasteiger partial charge in [0, 0.05) is 16.5 Å². The third-order valence-corrected chi connectivity index (χ3v) is 4.56. The molecule has 1 aliphatic rings. The quantitative estimate of drug-likeness (QED) is 0.680. The minimum atomic E-state index is -0.803. The van der Waals surface area contributed by atoms with Crippen LogP contribution in [0.4, 0.5) is 0 Å². The Hall–Kier alpha value is -1.04. The molecule has 1 fully saturated rings. The van der Waals surface area contributed by atoms with Crippen molar-refractivity contribution in [2.75, 3.05) is 12.4 Å². The second kappa shape index (κ2) is 6.41. The molecule has 1 N–H and O–H groups in total. The lowest BCUT2D eigenvalue weighted by atomic mass is 10.2. The van der Waals surface area contributed by atoms with E-state index >= 15 is 0 Å². The van der Waals surface area contributed by atoms with Crippen LogP contribution in [0.15, 0.2) is 29.2 Å². The van der Waals surface area contributed by atoms with Crippen molar-refractivity contribution in [3.05, 3.63) is 39.8 Å². The predicted molar refractivity (Wildman–Crippen MR) is 83.4 cm³/mol. The Kier molecular flexibility index (Phi) is 4.85. The van der Waals surface area contributed by atoms with Gasteiger partial charge in [-0.25, -0.2) is 0 Å². The van der Waals surface area contributed by atoms with Crippen LogP contribution in [0, 0.1) is 0 Å². The van der Waals surface area contributed by atoms with Crippen LogP contribution >= 0.6 is 35.6 Å². The molecule has 1 aliphatic heterocycles. The first-order chi connectivity index (χ1) is 9.06. The molecule has 1 aromatic rings. The Morgan fingerprint density at radius 1 is 1.47 bits per heavy atom. The maximum Gasteiger partial charge on any atom is 0.305 e. The van der Waals surface area contributed by atoms with Crippen molar-refractivity contribution in [1.29, 1.82) is 0 Å². The number of carboxylic acid groups (broad SMARTS) is 1.